The molecule has 0 aliphatic rings. The molecule has 0 amide bonds. The highest BCUT2D eigenvalue weighted by atomic mass is 32.2. The molecule has 0 aliphatic carbocycles. The van der Waals surface area contributed by atoms with E-state index in [1.807, 2.05) is 0 Å². The molecule has 12 heteroatoms. The molecule has 10 nitrogen and oxygen atoms in total. The van der Waals surface area contributed by atoms with E-state index < -0.39 is 38.6 Å². The van der Waals surface area contributed by atoms with Gasteiger partial charge in [-0.1, -0.05) is 5.16 Å². The third kappa shape index (κ3) is 5.00. The number of benzene rings is 1. The zero-order valence-corrected chi connectivity index (χ0v) is 15.3. The van der Waals surface area contributed by atoms with Gasteiger partial charge in [-0.2, -0.15) is 4.98 Å². The molecule has 1 heterocycles. The molecule has 0 spiro atoms. The Morgan fingerprint density at radius 2 is 1.73 bits per heavy atom. The van der Waals surface area contributed by atoms with Crippen LogP contribution in [-0.4, -0.2) is 67.7 Å². The molecule has 26 heavy (non-hydrogen) atoms. The van der Waals surface area contributed by atoms with Crippen LogP contribution in [0.2, 0.25) is 0 Å². The van der Waals surface area contributed by atoms with Gasteiger partial charge in [0.15, 0.2) is 19.7 Å². The van der Waals surface area contributed by atoms with Gasteiger partial charge in [-0.05, 0) is 18.2 Å². The van der Waals surface area contributed by atoms with E-state index in [4.69, 9.17) is 20.5 Å². The van der Waals surface area contributed by atoms with Crippen LogP contribution < -0.4 is 5.73 Å². The van der Waals surface area contributed by atoms with Crippen LogP contribution in [0.15, 0.2) is 27.6 Å². The Labute approximate surface area is 150 Å². The molecular weight excluding hydrogens is 386 g/mol. The zero-order valence-electron chi connectivity index (χ0n) is 13.7. The van der Waals surface area contributed by atoms with Crippen molar-refractivity contribution in [1.29, 1.82) is 0 Å². The van der Waals surface area contributed by atoms with Gasteiger partial charge in [-0.15, -0.1) is 0 Å². The van der Waals surface area contributed by atoms with Crippen molar-refractivity contribution in [3.8, 4) is 11.4 Å². The predicted octanol–water partition coefficient (Wildman–Crippen LogP) is -0.966. The Hall–Kier alpha value is -2.02. The number of rotatable bonds is 9. The molecule has 0 saturated heterocycles. The zero-order chi connectivity index (χ0) is 19.4. The van der Waals surface area contributed by atoms with Crippen molar-refractivity contribution in [1.82, 2.24) is 10.1 Å². The average molecular weight is 405 g/mol. The third-order valence-electron chi connectivity index (χ3n) is 3.46. The van der Waals surface area contributed by atoms with Crippen molar-refractivity contribution in [2.24, 2.45) is 0 Å². The summed E-state index contributed by atoms with van der Waals surface area (Å²) in [4.78, 5) is 3.96. The van der Waals surface area contributed by atoms with Crippen LogP contribution >= 0.6 is 0 Å². The maximum absolute atomic E-state index is 12.0. The molecule has 0 bridgehead atoms. The summed E-state index contributed by atoms with van der Waals surface area (Å²) in [6.07, 6.45) is -0.00617. The maximum atomic E-state index is 12.0. The van der Waals surface area contributed by atoms with E-state index in [0.29, 0.717) is 5.56 Å². The van der Waals surface area contributed by atoms with Gasteiger partial charge >= 0.3 is 0 Å². The van der Waals surface area contributed by atoms with E-state index in [-0.39, 0.29) is 40.2 Å². The number of hydrogen-bond acceptors (Lipinski definition) is 10. The lowest BCUT2D eigenvalue weighted by Crippen LogP contribution is -2.15. The number of aryl methyl sites for hydroxylation is 1. The molecule has 1 aromatic heterocycles. The van der Waals surface area contributed by atoms with Gasteiger partial charge < -0.3 is 20.5 Å². The van der Waals surface area contributed by atoms with Crippen LogP contribution in [0.1, 0.15) is 5.89 Å². The Balaban J connectivity index is 2.18. The number of nitrogens with two attached hydrogens (primary N) is 1. The van der Waals surface area contributed by atoms with Gasteiger partial charge in [-0.3, -0.25) is 0 Å². The highest BCUT2D eigenvalue weighted by Gasteiger charge is 2.19. The lowest BCUT2D eigenvalue weighted by molar-refractivity contribution is 0.319. The van der Waals surface area contributed by atoms with Crippen molar-refractivity contribution in [2.75, 3.05) is 36.2 Å². The molecular formula is C14H19N3O7S2. The second-order valence-corrected chi connectivity index (χ2v) is 9.81. The van der Waals surface area contributed by atoms with Gasteiger partial charge in [0.1, 0.15) is 0 Å². The quantitative estimate of drug-likeness (QED) is 0.440. The number of hydrogen-bond donors (Lipinski definition) is 3. The standard InChI is InChI=1S/C14H19N3O7S2/c15-11-9-10(1-2-12(11)26(22,23)8-5-19)14-16-13(24-17-14)3-6-25(20,21)7-4-18/h1-2,9,18-19H,3-8,15H2. The van der Waals surface area contributed by atoms with Crippen molar-refractivity contribution in [2.45, 2.75) is 11.3 Å². The third-order valence-corrected chi connectivity index (χ3v) is 6.85. The summed E-state index contributed by atoms with van der Waals surface area (Å²) in [5.41, 5.74) is 6.16. The molecule has 2 rings (SSSR count). The normalized spacial score (nSPS) is 12.4. The Morgan fingerprint density at radius 3 is 2.35 bits per heavy atom. The van der Waals surface area contributed by atoms with Crippen molar-refractivity contribution in [3.05, 3.63) is 24.1 Å². The van der Waals surface area contributed by atoms with E-state index in [1.54, 1.807) is 0 Å². The minimum Gasteiger partial charge on any atom is -0.398 e. The molecule has 144 valence electrons. The van der Waals surface area contributed by atoms with Crippen LogP contribution in [0, 0.1) is 0 Å². The van der Waals surface area contributed by atoms with Crippen molar-refractivity contribution < 1.29 is 31.6 Å². The molecule has 4 N–H and O–H groups in total. The lowest BCUT2D eigenvalue weighted by atomic mass is 10.2. The van der Waals surface area contributed by atoms with Crippen LogP contribution in [0.4, 0.5) is 5.69 Å². The Morgan fingerprint density at radius 1 is 1.04 bits per heavy atom. The van der Waals surface area contributed by atoms with Crippen LogP contribution in [-0.2, 0) is 26.1 Å². The summed E-state index contributed by atoms with van der Waals surface area (Å²) in [6.45, 7) is -0.973. The lowest BCUT2D eigenvalue weighted by Gasteiger charge is -2.07. The fourth-order valence-electron chi connectivity index (χ4n) is 2.16. The first-order chi connectivity index (χ1) is 12.2. The van der Waals surface area contributed by atoms with Crippen LogP contribution in [0.5, 0.6) is 0 Å². The summed E-state index contributed by atoms with van der Waals surface area (Å²) in [5, 5.41) is 21.2. The molecule has 2 aromatic rings. The summed E-state index contributed by atoms with van der Waals surface area (Å²) >= 11 is 0. The second kappa shape index (κ2) is 8.12. The monoisotopic (exact) mass is 405 g/mol. The minimum absolute atomic E-state index is 0.00617. The van der Waals surface area contributed by atoms with Gasteiger partial charge in [0.2, 0.25) is 11.7 Å². The number of nitrogens with zero attached hydrogens (tertiary/aromatic N) is 2. The van der Waals surface area contributed by atoms with E-state index in [9.17, 15) is 16.8 Å². The molecule has 0 atom stereocenters. The van der Waals surface area contributed by atoms with Gasteiger partial charge in [0.25, 0.3) is 0 Å². The topological polar surface area (TPSA) is 174 Å². The molecule has 0 unspecified atom stereocenters. The molecule has 0 radical (unpaired) electrons. The van der Waals surface area contributed by atoms with Crippen molar-refractivity contribution >= 4 is 25.4 Å². The largest absolute Gasteiger partial charge is 0.398 e. The number of aliphatic hydroxyl groups excluding tert-OH is 2. The van der Waals surface area contributed by atoms with Gasteiger partial charge in [0, 0.05) is 12.0 Å². The predicted molar refractivity (Wildman–Crippen MR) is 92.7 cm³/mol. The molecule has 1 aromatic carbocycles. The maximum Gasteiger partial charge on any atom is 0.227 e. The number of anilines is 1. The summed E-state index contributed by atoms with van der Waals surface area (Å²) < 4.78 is 52.1. The average Bonchev–Trinajstić information content (AvgIpc) is 3.01. The Kier molecular flexibility index (Phi) is 6.34. The summed E-state index contributed by atoms with van der Waals surface area (Å²) in [7, 11) is -7.10. The molecule has 0 saturated carbocycles. The van der Waals surface area contributed by atoms with Crippen molar-refractivity contribution in [3.63, 3.8) is 0 Å². The van der Waals surface area contributed by atoms with Crippen LogP contribution in [0.25, 0.3) is 11.4 Å². The van der Waals surface area contributed by atoms with E-state index in [2.05, 4.69) is 10.1 Å². The molecule has 0 aliphatic heterocycles. The highest BCUT2D eigenvalue weighted by molar-refractivity contribution is 7.91. The van der Waals surface area contributed by atoms with E-state index >= 15 is 0 Å². The molecule has 0 fully saturated rings. The van der Waals surface area contributed by atoms with Gasteiger partial charge in [-0.25, -0.2) is 16.8 Å². The second-order valence-electron chi connectivity index (χ2n) is 5.43. The fraction of sp³-hybridized carbons (Fsp3) is 0.429. The smallest absolute Gasteiger partial charge is 0.227 e. The van der Waals surface area contributed by atoms with E-state index in [1.165, 1.54) is 18.2 Å². The highest BCUT2D eigenvalue weighted by Crippen LogP contribution is 2.25. The minimum atomic E-state index is -3.69. The number of aliphatic hydroxyl groups is 2. The first-order valence-electron chi connectivity index (χ1n) is 7.56. The first-order valence-corrected chi connectivity index (χ1v) is 11.0. The van der Waals surface area contributed by atoms with Crippen LogP contribution in [0.3, 0.4) is 0 Å². The summed E-state index contributed by atoms with van der Waals surface area (Å²) in [5.74, 6) is -0.788. The summed E-state index contributed by atoms with van der Waals surface area (Å²) in [6, 6.07) is 4.09. The SMILES string of the molecule is Nc1cc(-c2noc(CCS(=O)(=O)CCO)n2)ccc1S(=O)(=O)CCO. The number of sulfone groups is 2. The fourth-order valence-corrected chi connectivity index (χ4v) is 4.28. The van der Waals surface area contributed by atoms with E-state index in [0.717, 1.165) is 0 Å². The van der Waals surface area contributed by atoms with Gasteiger partial charge in [0.05, 0.1) is 41.1 Å². The Bertz CT molecular complexity index is 968. The first kappa shape index (κ1) is 20.3. The number of aromatic nitrogens is 2. The number of nitrogen functional groups attached to an aromatic ring is 1.